The summed E-state index contributed by atoms with van der Waals surface area (Å²) < 4.78 is 16.5. The highest BCUT2D eigenvalue weighted by molar-refractivity contribution is 6.30. The van der Waals surface area contributed by atoms with Crippen molar-refractivity contribution >= 4 is 23.4 Å². The molecule has 142 valence electrons. The van der Waals surface area contributed by atoms with Crippen LogP contribution in [0.1, 0.15) is 40.5 Å². The molecule has 1 saturated heterocycles. The van der Waals surface area contributed by atoms with Crippen LogP contribution in [0.3, 0.4) is 0 Å². The number of esters is 1. The first kappa shape index (κ1) is 19.4. The Morgan fingerprint density at radius 1 is 1.11 bits per heavy atom. The van der Waals surface area contributed by atoms with E-state index >= 15 is 0 Å². The second kappa shape index (κ2) is 9.02. The van der Waals surface area contributed by atoms with Crippen molar-refractivity contribution in [2.75, 3.05) is 13.2 Å². The van der Waals surface area contributed by atoms with E-state index in [-0.39, 0.29) is 11.9 Å². The molecule has 0 aliphatic carbocycles. The first-order valence-electron chi connectivity index (χ1n) is 8.88. The van der Waals surface area contributed by atoms with Gasteiger partial charge in [-0.15, -0.1) is 0 Å². The molecule has 1 aliphatic rings. The largest absolute Gasteiger partial charge is 0.491 e. The summed E-state index contributed by atoms with van der Waals surface area (Å²) in [5, 5.41) is 0.540. The minimum absolute atomic E-state index is 0.134. The van der Waals surface area contributed by atoms with Crippen LogP contribution in [0.15, 0.2) is 48.5 Å². The smallest absolute Gasteiger partial charge is 0.338 e. The molecule has 0 unspecified atom stereocenters. The lowest BCUT2D eigenvalue weighted by atomic mass is 10.1. The molecule has 5 nitrogen and oxygen atoms in total. The van der Waals surface area contributed by atoms with Crippen molar-refractivity contribution in [1.82, 2.24) is 0 Å². The number of ether oxygens (including phenoxy) is 3. The second-order valence-corrected chi connectivity index (χ2v) is 6.83. The normalized spacial score (nSPS) is 17.3. The Balaban J connectivity index is 1.53. The van der Waals surface area contributed by atoms with E-state index in [0.29, 0.717) is 28.5 Å². The Bertz CT molecular complexity index is 779. The maximum atomic E-state index is 12.3. The van der Waals surface area contributed by atoms with E-state index in [1.165, 1.54) is 0 Å². The molecule has 1 aliphatic heterocycles. The predicted molar refractivity (Wildman–Crippen MR) is 102 cm³/mol. The molecule has 2 aromatic carbocycles. The average molecular weight is 389 g/mol. The fourth-order valence-electron chi connectivity index (χ4n) is 2.78. The van der Waals surface area contributed by atoms with Crippen LogP contribution < -0.4 is 4.74 Å². The van der Waals surface area contributed by atoms with Crippen LogP contribution in [0.2, 0.25) is 5.02 Å². The molecule has 3 rings (SSSR count). The van der Waals surface area contributed by atoms with Crippen molar-refractivity contribution in [3.8, 4) is 5.75 Å². The molecular formula is C21H21ClO5. The van der Waals surface area contributed by atoms with Crippen molar-refractivity contribution < 1.29 is 23.8 Å². The zero-order valence-electron chi connectivity index (χ0n) is 15.0. The van der Waals surface area contributed by atoms with Gasteiger partial charge < -0.3 is 14.2 Å². The fraction of sp³-hybridized carbons (Fsp3) is 0.333. The zero-order valence-corrected chi connectivity index (χ0v) is 15.8. The maximum Gasteiger partial charge on any atom is 0.338 e. The number of rotatable bonds is 7. The summed E-state index contributed by atoms with van der Waals surface area (Å²) in [5.41, 5.74) is 0.799. The molecule has 1 fully saturated rings. The van der Waals surface area contributed by atoms with E-state index in [1.807, 2.05) is 0 Å². The lowest BCUT2D eigenvalue weighted by Gasteiger charge is -2.13. The number of ketones is 1. The topological polar surface area (TPSA) is 61.8 Å². The van der Waals surface area contributed by atoms with Crippen LogP contribution in [-0.4, -0.2) is 37.2 Å². The minimum atomic E-state index is -0.894. The predicted octanol–water partition coefficient (Wildman–Crippen LogP) is 4.33. The van der Waals surface area contributed by atoms with Crippen LogP contribution >= 0.6 is 11.6 Å². The monoisotopic (exact) mass is 388 g/mol. The van der Waals surface area contributed by atoms with E-state index in [1.54, 1.807) is 55.5 Å². The lowest BCUT2D eigenvalue weighted by Crippen LogP contribution is -2.24. The molecule has 0 saturated carbocycles. The van der Waals surface area contributed by atoms with Crippen molar-refractivity contribution in [1.29, 1.82) is 0 Å². The van der Waals surface area contributed by atoms with Gasteiger partial charge >= 0.3 is 5.97 Å². The quantitative estimate of drug-likeness (QED) is 0.522. The highest BCUT2D eigenvalue weighted by Gasteiger charge is 2.21. The summed E-state index contributed by atoms with van der Waals surface area (Å²) in [7, 11) is 0. The van der Waals surface area contributed by atoms with Gasteiger partial charge in [0.1, 0.15) is 12.4 Å². The number of Topliss-reactive ketones (excluding diaryl/α,β-unsaturated/α-hetero) is 1. The molecule has 0 spiro atoms. The van der Waals surface area contributed by atoms with Gasteiger partial charge in [0.05, 0.1) is 11.7 Å². The van der Waals surface area contributed by atoms with Gasteiger partial charge in [-0.05, 0) is 68.3 Å². The Hall–Kier alpha value is -2.37. The zero-order chi connectivity index (χ0) is 19.2. The van der Waals surface area contributed by atoms with Crippen molar-refractivity contribution in [3.63, 3.8) is 0 Å². The number of hydrogen-bond acceptors (Lipinski definition) is 5. The SMILES string of the molecule is C[C@H](OC(=O)c1ccc(OC[C@H]2CCCO2)cc1)C(=O)c1ccc(Cl)cc1. The highest BCUT2D eigenvalue weighted by atomic mass is 35.5. The third-order valence-electron chi connectivity index (χ3n) is 4.33. The highest BCUT2D eigenvalue weighted by Crippen LogP contribution is 2.18. The molecule has 1 heterocycles. The van der Waals surface area contributed by atoms with E-state index < -0.39 is 12.1 Å². The minimum Gasteiger partial charge on any atom is -0.491 e. The number of carbonyl (C=O) groups excluding carboxylic acids is 2. The van der Waals surface area contributed by atoms with Crippen molar-refractivity contribution in [2.24, 2.45) is 0 Å². The van der Waals surface area contributed by atoms with Crippen LogP contribution in [0.4, 0.5) is 0 Å². The van der Waals surface area contributed by atoms with Crippen LogP contribution in [0.5, 0.6) is 5.75 Å². The fourth-order valence-corrected chi connectivity index (χ4v) is 2.91. The van der Waals surface area contributed by atoms with Gasteiger partial charge in [-0.3, -0.25) is 4.79 Å². The molecule has 6 heteroatoms. The number of halogens is 1. The Labute approximate surface area is 163 Å². The summed E-state index contributed by atoms with van der Waals surface area (Å²) in [6.45, 7) is 2.83. The number of benzene rings is 2. The summed E-state index contributed by atoms with van der Waals surface area (Å²) in [6.07, 6.45) is 1.30. The third-order valence-corrected chi connectivity index (χ3v) is 4.58. The first-order chi connectivity index (χ1) is 13.0. The Kier molecular flexibility index (Phi) is 6.48. The molecule has 0 N–H and O–H groups in total. The molecule has 0 bridgehead atoms. The number of carbonyl (C=O) groups is 2. The molecule has 27 heavy (non-hydrogen) atoms. The van der Waals surface area contributed by atoms with Crippen LogP contribution in [-0.2, 0) is 9.47 Å². The van der Waals surface area contributed by atoms with Crippen molar-refractivity contribution in [2.45, 2.75) is 32.0 Å². The molecule has 2 aromatic rings. The molecule has 0 aromatic heterocycles. The summed E-state index contributed by atoms with van der Waals surface area (Å²) >= 11 is 5.82. The molecule has 2 atom stereocenters. The number of hydrogen-bond donors (Lipinski definition) is 0. The third kappa shape index (κ3) is 5.31. The Morgan fingerprint density at radius 3 is 2.41 bits per heavy atom. The standard InChI is InChI=1S/C21H21ClO5/c1-14(20(23)15-4-8-17(22)9-5-15)27-21(24)16-6-10-18(11-7-16)26-13-19-3-2-12-25-19/h4-11,14,19H,2-3,12-13H2,1H3/t14-,19+/m0/s1. The van der Waals surface area contributed by atoms with Gasteiger partial charge in [-0.2, -0.15) is 0 Å². The van der Waals surface area contributed by atoms with Crippen LogP contribution in [0, 0.1) is 0 Å². The van der Waals surface area contributed by atoms with Crippen LogP contribution in [0.25, 0.3) is 0 Å². The maximum absolute atomic E-state index is 12.3. The van der Waals surface area contributed by atoms with Crippen molar-refractivity contribution in [3.05, 3.63) is 64.7 Å². The van der Waals surface area contributed by atoms with E-state index in [9.17, 15) is 9.59 Å². The van der Waals surface area contributed by atoms with E-state index in [4.69, 9.17) is 25.8 Å². The van der Waals surface area contributed by atoms with Gasteiger partial charge in [0.2, 0.25) is 5.78 Å². The summed E-state index contributed by atoms with van der Waals surface area (Å²) in [6, 6.07) is 13.1. The Morgan fingerprint density at radius 2 is 1.78 bits per heavy atom. The first-order valence-corrected chi connectivity index (χ1v) is 9.26. The molecular weight excluding hydrogens is 368 g/mol. The van der Waals surface area contributed by atoms with Gasteiger partial charge in [0.25, 0.3) is 0 Å². The lowest BCUT2D eigenvalue weighted by molar-refractivity contribution is 0.0318. The van der Waals surface area contributed by atoms with E-state index in [0.717, 1.165) is 19.4 Å². The summed E-state index contributed by atoms with van der Waals surface area (Å²) in [5.74, 6) is -0.181. The van der Waals surface area contributed by atoms with Gasteiger partial charge in [-0.25, -0.2) is 4.79 Å². The van der Waals surface area contributed by atoms with E-state index in [2.05, 4.69) is 0 Å². The average Bonchev–Trinajstić information content (AvgIpc) is 3.20. The van der Waals surface area contributed by atoms with Gasteiger partial charge in [0.15, 0.2) is 6.10 Å². The molecule has 0 radical (unpaired) electrons. The summed E-state index contributed by atoms with van der Waals surface area (Å²) in [4.78, 5) is 24.6. The molecule has 0 amide bonds. The second-order valence-electron chi connectivity index (χ2n) is 6.39. The van der Waals surface area contributed by atoms with Gasteiger partial charge in [0, 0.05) is 17.2 Å². The van der Waals surface area contributed by atoms with Gasteiger partial charge in [-0.1, -0.05) is 11.6 Å².